The lowest BCUT2D eigenvalue weighted by atomic mass is 9.73. The molecule has 2 aliphatic rings. The Morgan fingerprint density at radius 2 is 2.00 bits per heavy atom. The van der Waals surface area contributed by atoms with Crippen molar-refractivity contribution in [1.82, 2.24) is 0 Å². The van der Waals surface area contributed by atoms with E-state index in [-0.39, 0.29) is 6.04 Å². The van der Waals surface area contributed by atoms with E-state index in [2.05, 4.69) is 0 Å². The van der Waals surface area contributed by atoms with E-state index in [1.54, 1.807) is 0 Å². The van der Waals surface area contributed by atoms with Gasteiger partial charge in [0.15, 0.2) is 0 Å². The fraction of sp³-hybridized carbons (Fsp3) is 1.00. The van der Waals surface area contributed by atoms with E-state index in [0.717, 1.165) is 19.3 Å². The molecule has 2 nitrogen and oxygen atoms in total. The molecular formula is C8H15NO. The molecule has 1 atom stereocenters. The van der Waals surface area contributed by atoms with Crippen molar-refractivity contribution in [3.05, 3.63) is 0 Å². The topological polar surface area (TPSA) is 46.2 Å². The molecule has 0 spiro atoms. The number of aliphatic hydroxyl groups is 1. The van der Waals surface area contributed by atoms with Crippen LogP contribution in [0.1, 0.15) is 32.1 Å². The van der Waals surface area contributed by atoms with Gasteiger partial charge >= 0.3 is 0 Å². The Morgan fingerprint density at radius 3 is 2.30 bits per heavy atom. The van der Waals surface area contributed by atoms with Crippen LogP contribution >= 0.6 is 0 Å². The smallest absolute Gasteiger partial charge is 0.0800 e. The van der Waals surface area contributed by atoms with Crippen LogP contribution in [-0.4, -0.2) is 16.7 Å². The molecular weight excluding hydrogens is 126 g/mol. The predicted octanol–water partition coefficient (Wildman–Crippen LogP) is 0.639. The second-order valence-corrected chi connectivity index (χ2v) is 3.82. The van der Waals surface area contributed by atoms with Crippen LogP contribution in [0.4, 0.5) is 0 Å². The van der Waals surface area contributed by atoms with Crippen molar-refractivity contribution >= 4 is 0 Å². The first kappa shape index (κ1) is 6.62. The summed E-state index contributed by atoms with van der Waals surface area (Å²) in [5.74, 6) is 0.644. The highest BCUT2D eigenvalue weighted by Gasteiger charge is 2.46. The number of nitrogens with two attached hydrogens (primary N) is 1. The first-order valence-corrected chi connectivity index (χ1v) is 4.20. The van der Waals surface area contributed by atoms with E-state index >= 15 is 0 Å². The van der Waals surface area contributed by atoms with Gasteiger partial charge in [0.2, 0.25) is 0 Å². The number of hydrogen-bond donors (Lipinski definition) is 2. The SMILES string of the molecule is NC(C1CC1)C1(O)CCC1. The van der Waals surface area contributed by atoms with Gasteiger partial charge in [0.25, 0.3) is 0 Å². The summed E-state index contributed by atoms with van der Waals surface area (Å²) in [5.41, 5.74) is 5.41. The van der Waals surface area contributed by atoms with Crippen molar-refractivity contribution in [2.45, 2.75) is 43.7 Å². The minimum Gasteiger partial charge on any atom is -0.388 e. The predicted molar refractivity (Wildman–Crippen MR) is 39.5 cm³/mol. The Kier molecular flexibility index (Phi) is 1.29. The molecule has 0 aromatic rings. The van der Waals surface area contributed by atoms with Gasteiger partial charge in [-0.1, -0.05) is 0 Å². The van der Waals surface area contributed by atoms with Gasteiger partial charge in [-0.15, -0.1) is 0 Å². The van der Waals surface area contributed by atoms with Crippen molar-refractivity contribution in [3.8, 4) is 0 Å². The summed E-state index contributed by atoms with van der Waals surface area (Å²) >= 11 is 0. The molecule has 0 saturated heterocycles. The van der Waals surface area contributed by atoms with Crippen LogP contribution in [0.25, 0.3) is 0 Å². The molecule has 2 saturated carbocycles. The van der Waals surface area contributed by atoms with Crippen LogP contribution in [0.15, 0.2) is 0 Å². The maximum Gasteiger partial charge on any atom is 0.0800 e. The molecule has 0 aromatic carbocycles. The Morgan fingerprint density at radius 1 is 1.40 bits per heavy atom. The van der Waals surface area contributed by atoms with Gasteiger partial charge in [0.1, 0.15) is 0 Å². The fourth-order valence-corrected chi connectivity index (χ4v) is 1.77. The molecule has 0 bridgehead atoms. The third-order valence-electron chi connectivity index (χ3n) is 2.97. The number of rotatable bonds is 2. The van der Waals surface area contributed by atoms with Crippen LogP contribution in [-0.2, 0) is 0 Å². The Balaban J connectivity index is 1.95. The zero-order valence-corrected chi connectivity index (χ0v) is 6.21. The molecule has 2 aliphatic carbocycles. The Bertz CT molecular complexity index is 138. The van der Waals surface area contributed by atoms with E-state index in [1.165, 1.54) is 12.8 Å². The third-order valence-corrected chi connectivity index (χ3v) is 2.97. The first-order chi connectivity index (χ1) is 4.72. The van der Waals surface area contributed by atoms with Crippen molar-refractivity contribution in [1.29, 1.82) is 0 Å². The monoisotopic (exact) mass is 141 g/mol. The Labute approximate surface area is 61.4 Å². The summed E-state index contributed by atoms with van der Waals surface area (Å²) in [4.78, 5) is 0. The second kappa shape index (κ2) is 1.95. The zero-order chi connectivity index (χ0) is 7.19. The molecule has 0 heterocycles. The van der Waals surface area contributed by atoms with E-state index in [0.29, 0.717) is 5.92 Å². The van der Waals surface area contributed by atoms with Crippen LogP contribution in [0.3, 0.4) is 0 Å². The van der Waals surface area contributed by atoms with Crippen molar-refractivity contribution in [2.75, 3.05) is 0 Å². The van der Waals surface area contributed by atoms with Gasteiger partial charge in [0, 0.05) is 6.04 Å². The second-order valence-electron chi connectivity index (χ2n) is 3.82. The molecule has 2 rings (SSSR count). The Hall–Kier alpha value is -0.0800. The van der Waals surface area contributed by atoms with Gasteiger partial charge in [-0.2, -0.15) is 0 Å². The van der Waals surface area contributed by atoms with Crippen LogP contribution < -0.4 is 5.73 Å². The van der Waals surface area contributed by atoms with E-state index in [9.17, 15) is 5.11 Å². The van der Waals surface area contributed by atoms with Crippen LogP contribution in [0, 0.1) is 5.92 Å². The van der Waals surface area contributed by atoms with Crippen molar-refractivity contribution in [2.24, 2.45) is 11.7 Å². The summed E-state index contributed by atoms with van der Waals surface area (Å²) in [6.45, 7) is 0. The fourth-order valence-electron chi connectivity index (χ4n) is 1.77. The molecule has 3 N–H and O–H groups in total. The van der Waals surface area contributed by atoms with E-state index in [4.69, 9.17) is 5.73 Å². The molecule has 0 aliphatic heterocycles. The lowest BCUT2D eigenvalue weighted by Gasteiger charge is -2.41. The van der Waals surface area contributed by atoms with Gasteiger partial charge in [0.05, 0.1) is 5.60 Å². The minimum absolute atomic E-state index is 0.0845. The maximum absolute atomic E-state index is 9.76. The summed E-state index contributed by atoms with van der Waals surface area (Å²) in [6, 6.07) is 0.0845. The van der Waals surface area contributed by atoms with E-state index < -0.39 is 5.60 Å². The summed E-state index contributed by atoms with van der Waals surface area (Å²) in [7, 11) is 0. The lowest BCUT2D eigenvalue weighted by Crippen LogP contribution is -2.54. The molecule has 58 valence electrons. The summed E-state index contributed by atoms with van der Waals surface area (Å²) in [6.07, 6.45) is 5.51. The highest BCUT2D eigenvalue weighted by atomic mass is 16.3. The highest BCUT2D eigenvalue weighted by molar-refractivity contribution is 5.02. The van der Waals surface area contributed by atoms with Gasteiger partial charge in [-0.05, 0) is 38.0 Å². The zero-order valence-electron chi connectivity index (χ0n) is 6.21. The van der Waals surface area contributed by atoms with Crippen molar-refractivity contribution < 1.29 is 5.11 Å². The first-order valence-electron chi connectivity index (χ1n) is 4.20. The normalized spacial score (nSPS) is 33.0. The largest absolute Gasteiger partial charge is 0.388 e. The molecule has 2 fully saturated rings. The van der Waals surface area contributed by atoms with Crippen molar-refractivity contribution in [3.63, 3.8) is 0 Å². The lowest BCUT2D eigenvalue weighted by molar-refractivity contribution is -0.0601. The molecule has 0 amide bonds. The molecule has 1 unspecified atom stereocenters. The quantitative estimate of drug-likeness (QED) is 0.592. The van der Waals surface area contributed by atoms with Gasteiger partial charge in [-0.25, -0.2) is 0 Å². The minimum atomic E-state index is -0.457. The van der Waals surface area contributed by atoms with Crippen LogP contribution in [0.5, 0.6) is 0 Å². The highest BCUT2D eigenvalue weighted by Crippen LogP contribution is 2.43. The standard InChI is InChI=1S/C8H15NO/c9-7(6-2-3-6)8(10)4-1-5-8/h6-7,10H,1-5,9H2. The van der Waals surface area contributed by atoms with E-state index in [1.807, 2.05) is 0 Å². The van der Waals surface area contributed by atoms with Crippen LogP contribution in [0.2, 0.25) is 0 Å². The molecule has 0 aromatic heterocycles. The summed E-state index contributed by atoms with van der Waals surface area (Å²) in [5, 5.41) is 9.76. The average molecular weight is 141 g/mol. The molecule has 0 radical (unpaired) electrons. The van der Waals surface area contributed by atoms with Gasteiger partial charge < -0.3 is 10.8 Å². The third kappa shape index (κ3) is 0.867. The summed E-state index contributed by atoms with van der Waals surface area (Å²) < 4.78 is 0. The molecule has 10 heavy (non-hydrogen) atoms. The van der Waals surface area contributed by atoms with Gasteiger partial charge in [-0.3, -0.25) is 0 Å². The molecule has 2 heteroatoms. The number of hydrogen-bond acceptors (Lipinski definition) is 2. The maximum atomic E-state index is 9.76. The average Bonchev–Trinajstić information content (AvgIpc) is 2.62.